The second-order valence-electron chi connectivity index (χ2n) is 5.87. The summed E-state index contributed by atoms with van der Waals surface area (Å²) in [7, 11) is 0. The molecule has 1 rings (SSSR count). The average Bonchev–Trinajstić information content (AvgIpc) is 2.50. The molecule has 1 amide bonds. The first-order chi connectivity index (χ1) is 10.5. The number of carbonyl (C=O) groups excluding carboxylic acids is 1. The van der Waals surface area contributed by atoms with E-state index in [0.717, 1.165) is 6.42 Å². The van der Waals surface area contributed by atoms with Gasteiger partial charge in [-0.1, -0.05) is 51.2 Å². The standard InChI is InChI=1S/C18H29N3O/c1-3-4-5-6-7-8-10-15-11-9-12-16(13-15)18(22)21-14(2)17(19)20/h9,11-14H,3-8,10H2,1-2H3,(H3,19,20)(H,21,22)/t14-/m0/s1. The van der Waals surface area contributed by atoms with E-state index in [2.05, 4.69) is 18.3 Å². The maximum atomic E-state index is 12.1. The van der Waals surface area contributed by atoms with Gasteiger partial charge in [0, 0.05) is 5.56 Å². The van der Waals surface area contributed by atoms with Crippen LogP contribution in [0.1, 0.15) is 68.3 Å². The van der Waals surface area contributed by atoms with Crippen LogP contribution in [0, 0.1) is 5.41 Å². The van der Waals surface area contributed by atoms with Gasteiger partial charge in [-0.25, -0.2) is 0 Å². The minimum atomic E-state index is -0.435. The van der Waals surface area contributed by atoms with E-state index in [9.17, 15) is 4.79 Å². The monoisotopic (exact) mass is 303 g/mol. The zero-order chi connectivity index (χ0) is 16.4. The fourth-order valence-electron chi connectivity index (χ4n) is 2.34. The number of amides is 1. The van der Waals surface area contributed by atoms with Gasteiger partial charge >= 0.3 is 0 Å². The minimum Gasteiger partial charge on any atom is -0.386 e. The number of amidine groups is 1. The third kappa shape index (κ3) is 6.74. The van der Waals surface area contributed by atoms with Crippen LogP contribution >= 0.6 is 0 Å². The van der Waals surface area contributed by atoms with Gasteiger partial charge in [-0.3, -0.25) is 10.2 Å². The summed E-state index contributed by atoms with van der Waals surface area (Å²) >= 11 is 0. The lowest BCUT2D eigenvalue weighted by molar-refractivity contribution is 0.0949. The molecule has 0 aliphatic heterocycles. The predicted octanol–water partition coefficient (Wildman–Crippen LogP) is 3.64. The molecule has 1 atom stereocenters. The first kappa shape index (κ1) is 18.2. The van der Waals surface area contributed by atoms with Gasteiger partial charge in [0.15, 0.2) is 0 Å². The van der Waals surface area contributed by atoms with Crippen molar-refractivity contribution in [3.05, 3.63) is 35.4 Å². The molecule has 122 valence electrons. The summed E-state index contributed by atoms with van der Waals surface area (Å²) < 4.78 is 0. The zero-order valence-corrected chi connectivity index (χ0v) is 13.8. The highest BCUT2D eigenvalue weighted by Gasteiger charge is 2.11. The summed E-state index contributed by atoms with van der Waals surface area (Å²) in [6.45, 7) is 3.93. The molecule has 0 saturated heterocycles. The van der Waals surface area contributed by atoms with E-state index in [0.29, 0.717) is 5.56 Å². The van der Waals surface area contributed by atoms with Crippen molar-refractivity contribution in [1.29, 1.82) is 5.41 Å². The minimum absolute atomic E-state index is 0.0309. The number of benzene rings is 1. The van der Waals surface area contributed by atoms with Crippen molar-refractivity contribution in [2.75, 3.05) is 0 Å². The van der Waals surface area contributed by atoms with Gasteiger partial charge < -0.3 is 11.1 Å². The Morgan fingerprint density at radius 3 is 2.59 bits per heavy atom. The molecule has 0 spiro atoms. The number of hydrogen-bond donors (Lipinski definition) is 3. The van der Waals surface area contributed by atoms with E-state index < -0.39 is 6.04 Å². The van der Waals surface area contributed by atoms with Gasteiger partial charge in [0.1, 0.15) is 5.84 Å². The molecule has 4 N–H and O–H groups in total. The fourth-order valence-corrected chi connectivity index (χ4v) is 2.34. The molecular weight excluding hydrogens is 274 g/mol. The second kappa shape index (κ2) is 9.98. The Balaban J connectivity index is 2.44. The first-order valence-corrected chi connectivity index (χ1v) is 8.28. The van der Waals surface area contributed by atoms with Crippen molar-refractivity contribution in [3.63, 3.8) is 0 Å². The topological polar surface area (TPSA) is 79.0 Å². The predicted molar refractivity (Wildman–Crippen MR) is 92.4 cm³/mol. The van der Waals surface area contributed by atoms with E-state index in [1.54, 1.807) is 13.0 Å². The van der Waals surface area contributed by atoms with Crippen LogP contribution in [0.15, 0.2) is 24.3 Å². The molecule has 0 heterocycles. The molecular formula is C18H29N3O. The molecule has 4 nitrogen and oxygen atoms in total. The normalized spacial score (nSPS) is 11.9. The lowest BCUT2D eigenvalue weighted by atomic mass is 10.0. The van der Waals surface area contributed by atoms with E-state index in [1.807, 2.05) is 12.1 Å². The van der Waals surface area contributed by atoms with Gasteiger partial charge in [0.2, 0.25) is 0 Å². The molecule has 0 aliphatic carbocycles. The highest BCUT2D eigenvalue weighted by Crippen LogP contribution is 2.12. The molecule has 0 radical (unpaired) electrons. The van der Waals surface area contributed by atoms with E-state index in [1.165, 1.54) is 44.1 Å². The van der Waals surface area contributed by atoms with Gasteiger partial charge in [-0.15, -0.1) is 0 Å². The summed E-state index contributed by atoms with van der Waals surface area (Å²) in [5, 5.41) is 10.0. The lowest BCUT2D eigenvalue weighted by Crippen LogP contribution is -2.41. The average molecular weight is 303 g/mol. The molecule has 0 aliphatic rings. The summed E-state index contributed by atoms with van der Waals surface area (Å²) in [4.78, 5) is 12.1. The summed E-state index contributed by atoms with van der Waals surface area (Å²) in [5.74, 6) is -0.205. The Labute approximate surface area is 134 Å². The largest absolute Gasteiger partial charge is 0.386 e. The van der Waals surface area contributed by atoms with Crippen LogP contribution in [0.5, 0.6) is 0 Å². The molecule has 0 fully saturated rings. The Kier molecular flexibility index (Phi) is 8.26. The molecule has 1 aromatic carbocycles. The Morgan fingerprint density at radius 1 is 1.23 bits per heavy atom. The maximum Gasteiger partial charge on any atom is 0.251 e. The van der Waals surface area contributed by atoms with Crippen LogP contribution in [-0.2, 0) is 6.42 Å². The molecule has 0 saturated carbocycles. The van der Waals surface area contributed by atoms with Crippen molar-refractivity contribution in [2.45, 2.75) is 64.8 Å². The highest BCUT2D eigenvalue weighted by molar-refractivity contribution is 5.97. The number of rotatable bonds is 10. The lowest BCUT2D eigenvalue weighted by Gasteiger charge is -2.12. The molecule has 1 aromatic rings. The smallest absolute Gasteiger partial charge is 0.251 e. The Hall–Kier alpha value is -1.84. The van der Waals surface area contributed by atoms with Gasteiger partial charge in [-0.05, 0) is 37.5 Å². The van der Waals surface area contributed by atoms with Gasteiger partial charge in [0.05, 0.1) is 6.04 Å². The van der Waals surface area contributed by atoms with Crippen LogP contribution in [-0.4, -0.2) is 17.8 Å². The molecule has 22 heavy (non-hydrogen) atoms. The summed E-state index contributed by atoms with van der Waals surface area (Å²) in [5.41, 5.74) is 7.21. The number of hydrogen-bond acceptors (Lipinski definition) is 2. The van der Waals surface area contributed by atoms with Gasteiger partial charge in [-0.2, -0.15) is 0 Å². The Morgan fingerprint density at radius 2 is 1.91 bits per heavy atom. The van der Waals surface area contributed by atoms with Crippen LogP contribution in [0.25, 0.3) is 0 Å². The molecule has 0 unspecified atom stereocenters. The zero-order valence-electron chi connectivity index (χ0n) is 13.8. The van der Waals surface area contributed by atoms with Crippen molar-refractivity contribution in [1.82, 2.24) is 5.32 Å². The van der Waals surface area contributed by atoms with Crippen molar-refractivity contribution >= 4 is 11.7 Å². The highest BCUT2D eigenvalue weighted by atomic mass is 16.1. The third-order valence-electron chi connectivity index (χ3n) is 3.82. The molecule has 0 bridgehead atoms. The maximum absolute atomic E-state index is 12.1. The quantitative estimate of drug-likeness (QED) is 0.350. The number of unbranched alkanes of at least 4 members (excludes halogenated alkanes) is 5. The van der Waals surface area contributed by atoms with Crippen LogP contribution in [0.3, 0.4) is 0 Å². The number of nitrogens with one attached hydrogen (secondary N) is 2. The molecule has 4 heteroatoms. The van der Waals surface area contributed by atoms with E-state index >= 15 is 0 Å². The van der Waals surface area contributed by atoms with Crippen LogP contribution < -0.4 is 11.1 Å². The van der Waals surface area contributed by atoms with E-state index in [-0.39, 0.29) is 11.7 Å². The van der Waals surface area contributed by atoms with Crippen LogP contribution in [0.4, 0.5) is 0 Å². The molecule has 0 aromatic heterocycles. The summed E-state index contributed by atoms with van der Waals surface area (Å²) in [6.07, 6.45) is 8.64. The Bertz CT molecular complexity index is 485. The summed E-state index contributed by atoms with van der Waals surface area (Å²) in [6, 6.07) is 7.28. The fraction of sp³-hybridized carbons (Fsp3) is 0.556. The van der Waals surface area contributed by atoms with Crippen molar-refractivity contribution in [3.8, 4) is 0 Å². The SMILES string of the molecule is CCCCCCCCc1cccc(C(=O)N[C@@H](C)C(=N)N)c1. The van der Waals surface area contributed by atoms with Gasteiger partial charge in [0.25, 0.3) is 5.91 Å². The van der Waals surface area contributed by atoms with E-state index in [4.69, 9.17) is 11.1 Å². The first-order valence-electron chi connectivity index (χ1n) is 8.28. The number of aryl methyl sites for hydroxylation is 1. The number of nitrogens with two attached hydrogens (primary N) is 1. The van der Waals surface area contributed by atoms with Crippen molar-refractivity contribution in [2.24, 2.45) is 5.73 Å². The number of carbonyl (C=O) groups is 1. The third-order valence-corrected chi connectivity index (χ3v) is 3.82. The van der Waals surface area contributed by atoms with Crippen molar-refractivity contribution < 1.29 is 4.79 Å². The van der Waals surface area contributed by atoms with Crippen LogP contribution in [0.2, 0.25) is 0 Å². The second-order valence-corrected chi connectivity index (χ2v) is 5.87.